The highest BCUT2D eigenvalue weighted by molar-refractivity contribution is 4.84. The fourth-order valence-electron chi connectivity index (χ4n) is 3.18. The molecule has 1 aliphatic carbocycles. The first-order valence-corrected chi connectivity index (χ1v) is 7.54. The Morgan fingerprint density at radius 2 is 1.76 bits per heavy atom. The normalized spacial score (nSPS) is 30.5. The molecule has 0 aromatic heterocycles. The van der Waals surface area contributed by atoms with E-state index in [2.05, 4.69) is 19.2 Å². The van der Waals surface area contributed by atoms with Crippen molar-refractivity contribution < 1.29 is 4.74 Å². The molecule has 0 bridgehead atoms. The topological polar surface area (TPSA) is 21.3 Å². The molecule has 0 aromatic rings. The van der Waals surface area contributed by atoms with Crippen LogP contribution in [0.25, 0.3) is 0 Å². The van der Waals surface area contributed by atoms with E-state index in [1.54, 1.807) is 0 Å². The SMILES string of the molecule is CC(C)CNCC1CCC1CC1CCOCC1. The third-order valence-corrected chi connectivity index (χ3v) is 4.51. The second-order valence-corrected chi connectivity index (χ2v) is 6.44. The standard InChI is InChI=1S/C15H29NO/c1-12(2)10-16-11-15-4-3-14(15)9-13-5-7-17-8-6-13/h12-16H,3-11H2,1-2H3. The van der Waals surface area contributed by atoms with Crippen molar-refractivity contribution in [2.75, 3.05) is 26.3 Å². The van der Waals surface area contributed by atoms with Crippen molar-refractivity contribution >= 4 is 0 Å². The molecular weight excluding hydrogens is 210 g/mol. The van der Waals surface area contributed by atoms with Gasteiger partial charge in [0.2, 0.25) is 0 Å². The van der Waals surface area contributed by atoms with Crippen molar-refractivity contribution in [3.8, 4) is 0 Å². The lowest BCUT2D eigenvalue weighted by Crippen LogP contribution is -2.38. The molecule has 2 fully saturated rings. The van der Waals surface area contributed by atoms with E-state index in [1.165, 1.54) is 45.2 Å². The maximum atomic E-state index is 5.44. The lowest BCUT2D eigenvalue weighted by molar-refractivity contribution is 0.0417. The van der Waals surface area contributed by atoms with Crippen LogP contribution in [0.4, 0.5) is 0 Å². The fourth-order valence-corrected chi connectivity index (χ4v) is 3.18. The Kier molecular flexibility index (Phi) is 5.30. The van der Waals surface area contributed by atoms with Crippen LogP contribution in [-0.2, 0) is 4.74 Å². The first-order valence-electron chi connectivity index (χ1n) is 7.54. The molecule has 1 N–H and O–H groups in total. The van der Waals surface area contributed by atoms with Gasteiger partial charge in [0.25, 0.3) is 0 Å². The Hall–Kier alpha value is -0.0800. The molecule has 1 saturated carbocycles. The Labute approximate surface area is 107 Å². The lowest BCUT2D eigenvalue weighted by Gasteiger charge is -2.40. The Morgan fingerprint density at radius 1 is 1.06 bits per heavy atom. The van der Waals surface area contributed by atoms with Crippen molar-refractivity contribution in [1.82, 2.24) is 5.32 Å². The molecule has 0 aromatic carbocycles. The fraction of sp³-hybridized carbons (Fsp3) is 1.00. The van der Waals surface area contributed by atoms with Crippen LogP contribution in [0, 0.1) is 23.7 Å². The van der Waals surface area contributed by atoms with Gasteiger partial charge >= 0.3 is 0 Å². The molecule has 0 spiro atoms. The highest BCUT2D eigenvalue weighted by Crippen LogP contribution is 2.40. The Bertz CT molecular complexity index is 211. The van der Waals surface area contributed by atoms with E-state index < -0.39 is 0 Å². The van der Waals surface area contributed by atoms with Crippen LogP contribution >= 0.6 is 0 Å². The van der Waals surface area contributed by atoms with Crippen LogP contribution in [0.1, 0.15) is 46.0 Å². The number of hydrogen-bond acceptors (Lipinski definition) is 2. The van der Waals surface area contributed by atoms with Gasteiger partial charge in [0.15, 0.2) is 0 Å². The predicted molar refractivity (Wildman–Crippen MR) is 72.1 cm³/mol. The minimum atomic E-state index is 0.781. The summed E-state index contributed by atoms with van der Waals surface area (Å²) in [7, 11) is 0. The second kappa shape index (κ2) is 6.75. The quantitative estimate of drug-likeness (QED) is 0.769. The first kappa shape index (κ1) is 13.4. The van der Waals surface area contributed by atoms with Crippen LogP contribution in [-0.4, -0.2) is 26.3 Å². The van der Waals surface area contributed by atoms with Gasteiger partial charge in [0.05, 0.1) is 0 Å². The largest absolute Gasteiger partial charge is 0.381 e. The molecule has 0 radical (unpaired) electrons. The van der Waals surface area contributed by atoms with Crippen molar-refractivity contribution in [3.05, 3.63) is 0 Å². The summed E-state index contributed by atoms with van der Waals surface area (Å²) >= 11 is 0. The van der Waals surface area contributed by atoms with Gasteiger partial charge in [-0.3, -0.25) is 0 Å². The van der Waals surface area contributed by atoms with Crippen LogP contribution in [0.5, 0.6) is 0 Å². The number of rotatable bonds is 6. The molecule has 2 rings (SSSR count). The summed E-state index contributed by atoms with van der Waals surface area (Å²) in [6, 6.07) is 0. The summed E-state index contributed by atoms with van der Waals surface area (Å²) < 4.78 is 5.44. The van der Waals surface area contributed by atoms with Crippen molar-refractivity contribution in [2.24, 2.45) is 23.7 Å². The maximum absolute atomic E-state index is 5.44. The van der Waals surface area contributed by atoms with Crippen LogP contribution in [0.3, 0.4) is 0 Å². The van der Waals surface area contributed by atoms with Crippen LogP contribution in [0.2, 0.25) is 0 Å². The zero-order valence-electron chi connectivity index (χ0n) is 11.6. The first-order chi connectivity index (χ1) is 8.25. The third-order valence-electron chi connectivity index (χ3n) is 4.51. The average molecular weight is 239 g/mol. The molecule has 1 aliphatic heterocycles. The lowest BCUT2D eigenvalue weighted by atomic mass is 9.68. The number of hydrogen-bond donors (Lipinski definition) is 1. The molecule has 100 valence electrons. The van der Waals surface area contributed by atoms with Gasteiger partial charge in [-0.1, -0.05) is 13.8 Å². The molecule has 2 heteroatoms. The van der Waals surface area contributed by atoms with E-state index in [-0.39, 0.29) is 0 Å². The molecule has 1 heterocycles. The van der Waals surface area contributed by atoms with Crippen LogP contribution < -0.4 is 5.32 Å². The Morgan fingerprint density at radius 3 is 2.35 bits per heavy atom. The van der Waals surface area contributed by atoms with Gasteiger partial charge in [-0.25, -0.2) is 0 Å². The van der Waals surface area contributed by atoms with Gasteiger partial charge in [-0.15, -0.1) is 0 Å². The predicted octanol–water partition coefficient (Wildman–Crippen LogP) is 3.07. The highest BCUT2D eigenvalue weighted by atomic mass is 16.5. The molecule has 2 unspecified atom stereocenters. The summed E-state index contributed by atoms with van der Waals surface area (Å²) in [4.78, 5) is 0. The highest BCUT2D eigenvalue weighted by Gasteiger charge is 2.32. The zero-order valence-corrected chi connectivity index (χ0v) is 11.6. The summed E-state index contributed by atoms with van der Waals surface area (Å²) in [5.41, 5.74) is 0. The van der Waals surface area contributed by atoms with E-state index in [4.69, 9.17) is 4.74 Å². The van der Waals surface area contributed by atoms with Gasteiger partial charge in [0.1, 0.15) is 0 Å². The summed E-state index contributed by atoms with van der Waals surface area (Å²) in [6.45, 7) is 9.02. The van der Waals surface area contributed by atoms with Gasteiger partial charge in [-0.2, -0.15) is 0 Å². The van der Waals surface area contributed by atoms with Crippen molar-refractivity contribution in [3.63, 3.8) is 0 Å². The van der Waals surface area contributed by atoms with E-state index in [0.29, 0.717) is 0 Å². The Balaban J connectivity index is 1.60. The van der Waals surface area contributed by atoms with E-state index in [9.17, 15) is 0 Å². The van der Waals surface area contributed by atoms with Crippen LogP contribution in [0.15, 0.2) is 0 Å². The van der Waals surface area contributed by atoms with E-state index >= 15 is 0 Å². The second-order valence-electron chi connectivity index (χ2n) is 6.44. The van der Waals surface area contributed by atoms with Crippen molar-refractivity contribution in [2.45, 2.75) is 46.0 Å². The third kappa shape index (κ3) is 4.26. The average Bonchev–Trinajstić information content (AvgIpc) is 2.31. The smallest absolute Gasteiger partial charge is 0.0468 e. The molecule has 2 nitrogen and oxygen atoms in total. The molecule has 1 saturated heterocycles. The van der Waals surface area contributed by atoms with Crippen molar-refractivity contribution in [1.29, 1.82) is 0 Å². The van der Waals surface area contributed by atoms with Gasteiger partial charge in [-0.05, 0) is 68.9 Å². The molecule has 17 heavy (non-hydrogen) atoms. The monoisotopic (exact) mass is 239 g/mol. The van der Waals surface area contributed by atoms with E-state index in [0.717, 1.165) is 36.9 Å². The maximum Gasteiger partial charge on any atom is 0.0468 e. The van der Waals surface area contributed by atoms with E-state index in [1.807, 2.05) is 0 Å². The molecular formula is C15H29NO. The molecule has 2 aliphatic rings. The number of nitrogens with one attached hydrogen (secondary N) is 1. The van der Waals surface area contributed by atoms with Gasteiger partial charge in [0, 0.05) is 13.2 Å². The zero-order chi connectivity index (χ0) is 12.1. The minimum Gasteiger partial charge on any atom is -0.381 e. The van der Waals surface area contributed by atoms with Gasteiger partial charge < -0.3 is 10.1 Å². The summed E-state index contributed by atoms with van der Waals surface area (Å²) in [5, 5.41) is 3.63. The molecule has 0 amide bonds. The molecule has 2 atom stereocenters. The summed E-state index contributed by atoms with van der Waals surface area (Å²) in [5.74, 6) is 3.72. The minimum absolute atomic E-state index is 0.781. The summed E-state index contributed by atoms with van der Waals surface area (Å²) in [6.07, 6.45) is 7.02. The number of ether oxygens (including phenoxy) is 1.